The molecule has 0 amide bonds. The van der Waals surface area contributed by atoms with Crippen LogP contribution in [0.3, 0.4) is 0 Å². The summed E-state index contributed by atoms with van der Waals surface area (Å²) in [6.45, 7) is 8.13. The van der Waals surface area contributed by atoms with Gasteiger partial charge in [-0.2, -0.15) is 0 Å². The predicted octanol–water partition coefficient (Wildman–Crippen LogP) is 5.29. The molecule has 186 valence electrons. The second-order valence-corrected chi connectivity index (χ2v) is 9.33. The minimum Gasteiger partial charge on any atom is -0.378 e. The van der Waals surface area contributed by atoms with E-state index < -0.39 is 0 Å². The number of aryl methyl sites for hydroxylation is 1. The van der Waals surface area contributed by atoms with Crippen molar-refractivity contribution in [2.45, 2.75) is 19.3 Å². The van der Waals surface area contributed by atoms with E-state index in [1.807, 2.05) is 0 Å². The third-order valence-corrected chi connectivity index (χ3v) is 7.01. The molecular weight excluding hydrogens is 438 g/mol. The highest BCUT2D eigenvalue weighted by Crippen LogP contribution is 2.36. The molecule has 0 spiro atoms. The first-order valence-electron chi connectivity index (χ1n) is 13.1. The third-order valence-electron chi connectivity index (χ3n) is 7.01. The largest absolute Gasteiger partial charge is 0.378 e. The zero-order valence-corrected chi connectivity index (χ0v) is 20.7. The van der Waals surface area contributed by atoms with Gasteiger partial charge in [-0.1, -0.05) is 54.6 Å². The second-order valence-electron chi connectivity index (χ2n) is 9.33. The normalized spacial score (nSPS) is 18.2. The highest BCUT2D eigenvalue weighted by Gasteiger charge is 2.11. The Hall–Kier alpha value is -2.28. The van der Waals surface area contributed by atoms with Crippen molar-refractivity contribution < 1.29 is 18.9 Å². The number of benzene rings is 4. The lowest BCUT2D eigenvalue weighted by Crippen LogP contribution is -2.32. The summed E-state index contributed by atoms with van der Waals surface area (Å²) in [5.41, 5.74) is 1.46. The SMILES string of the molecule is c1cc2ccc3ccc(CCCCN4CCOCCOCCOCCOCC4)c4ccc(c1)c2c34. The van der Waals surface area contributed by atoms with Crippen LogP contribution in [0.2, 0.25) is 0 Å². The minimum absolute atomic E-state index is 0.613. The molecule has 0 radical (unpaired) electrons. The van der Waals surface area contributed by atoms with Crippen molar-refractivity contribution in [1.82, 2.24) is 4.90 Å². The fourth-order valence-corrected chi connectivity index (χ4v) is 5.15. The molecule has 1 aliphatic heterocycles. The van der Waals surface area contributed by atoms with Crippen molar-refractivity contribution in [2.24, 2.45) is 0 Å². The Kier molecular flexibility index (Phi) is 8.80. The van der Waals surface area contributed by atoms with Crippen LogP contribution in [0, 0.1) is 0 Å². The Morgan fingerprint density at radius 2 is 1.09 bits per heavy atom. The van der Waals surface area contributed by atoms with Crippen LogP contribution < -0.4 is 0 Å². The molecule has 0 bridgehead atoms. The van der Waals surface area contributed by atoms with Crippen molar-refractivity contribution in [3.63, 3.8) is 0 Å². The number of nitrogens with zero attached hydrogens (tertiary/aromatic N) is 1. The summed E-state index contributed by atoms with van der Waals surface area (Å²) in [5, 5.41) is 8.24. The zero-order chi connectivity index (χ0) is 23.7. The van der Waals surface area contributed by atoms with Crippen LogP contribution in [0.1, 0.15) is 18.4 Å². The summed E-state index contributed by atoms with van der Waals surface area (Å²) in [6.07, 6.45) is 3.43. The van der Waals surface area contributed by atoms with Gasteiger partial charge in [0.05, 0.1) is 52.9 Å². The van der Waals surface area contributed by atoms with Gasteiger partial charge < -0.3 is 18.9 Å². The molecule has 4 aromatic carbocycles. The molecule has 5 heteroatoms. The van der Waals surface area contributed by atoms with Crippen LogP contribution in [-0.2, 0) is 25.4 Å². The monoisotopic (exact) mass is 475 g/mol. The average molecular weight is 476 g/mol. The van der Waals surface area contributed by atoms with Gasteiger partial charge in [0.25, 0.3) is 0 Å². The van der Waals surface area contributed by atoms with Crippen molar-refractivity contribution in [1.29, 1.82) is 0 Å². The number of ether oxygens (including phenoxy) is 4. The molecule has 35 heavy (non-hydrogen) atoms. The van der Waals surface area contributed by atoms with Gasteiger partial charge in [-0.3, -0.25) is 4.90 Å². The fraction of sp³-hybridized carbons (Fsp3) is 0.467. The standard InChI is InChI=1S/C30H37NO4/c1(2-13-31-14-16-32-18-20-34-22-23-35-21-19-33-17-15-31)4-24-7-8-27-10-9-25-5-3-6-26-11-12-28(24)30(27)29(25)26/h3,5-12H,1-2,4,13-23H2. The van der Waals surface area contributed by atoms with Gasteiger partial charge in [-0.15, -0.1) is 0 Å². The Morgan fingerprint density at radius 1 is 0.543 bits per heavy atom. The van der Waals surface area contributed by atoms with Gasteiger partial charge in [-0.25, -0.2) is 0 Å². The summed E-state index contributed by atoms with van der Waals surface area (Å²) in [4.78, 5) is 2.46. The number of unbranched alkanes of at least 4 members (excludes halogenated alkanes) is 1. The summed E-state index contributed by atoms with van der Waals surface area (Å²) in [7, 11) is 0. The number of hydrogen-bond donors (Lipinski definition) is 0. The average Bonchev–Trinajstić information content (AvgIpc) is 2.90. The molecule has 0 unspecified atom stereocenters. The van der Waals surface area contributed by atoms with Gasteiger partial charge in [0.15, 0.2) is 0 Å². The minimum atomic E-state index is 0.613. The Balaban J connectivity index is 1.18. The summed E-state index contributed by atoms with van der Waals surface area (Å²) < 4.78 is 22.6. The van der Waals surface area contributed by atoms with Crippen LogP contribution in [0.15, 0.2) is 54.6 Å². The zero-order valence-electron chi connectivity index (χ0n) is 20.7. The van der Waals surface area contributed by atoms with Crippen LogP contribution in [0.25, 0.3) is 32.3 Å². The van der Waals surface area contributed by atoms with E-state index in [0.29, 0.717) is 39.6 Å². The molecule has 1 heterocycles. The molecule has 0 saturated carbocycles. The lowest BCUT2D eigenvalue weighted by atomic mass is 9.90. The quantitative estimate of drug-likeness (QED) is 0.290. The maximum Gasteiger partial charge on any atom is 0.0701 e. The summed E-state index contributed by atoms with van der Waals surface area (Å²) in [6, 6.07) is 20.4. The van der Waals surface area contributed by atoms with Crippen LogP contribution in [0.4, 0.5) is 0 Å². The lowest BCUT2D eigenvalue weighted by molar-refractivity contribution is 0.00206. The Labute approximate surface area is 208 Å². The predicted molar refractivity (Wildman–Crippen MR) is 143 cm³/mol. The van der Waals surface area contributed by atoms with Crippen LogP contribution in [-0.4, -0.2) is 77.4 Å². The van der Waals surface area contributed by atoms with Gasteiger partial charge >= 0.3 is 0 Å². The fourth-order valence-electron chi connectivity index (χ4n) is 5.15. The van der Waals surface area contributed by atoms with E-state index in [1.165, 1.54) is 44.3 Å². The van der Waals surface area contributed by atoms with E-state index in [9.17, 15) is 0 Å². The van der Waals surface area contributed by atoms with E-state index in [0.717, 1.165) is 45.7 Å². The van der Waals surface area contributed by atoms with Crippen LogP contribution >= 0.6 is 0 Å². The summed E-state index contributed by atoms with van der Waals surface area (Å²) in [5.74, 6) is 0. The highest BCUT2D eigenvalue weighted by atomic mass is 16.6. The van der Waals surface area contributed by atoms with E-state index in [-0.39, 0.29) is 0 Å². The van der Waals surface area contributed by atoms with Gasteiger partial charge in [0.2, 0.25) is 0 Å². The van der Waals surface area contributed by atoms with Gasteiger partial charge in [0, 0.05) is 13.1 Å². The number of rotatable bonds is 5. The van der Waals surface area contributed by atoms with Crippen molar-refractivity contribution >= 4 is 32.3 Å². The molecule has 1 aliphatic rings. The van der Waals surface area contributed by atoms with Crippen LogP contribution in [0.5, 0.6) is 0 Å². The molecule has 0 aromatic heterocycles. The molecule has 0 atom stereocenters. The topological polar surface area (TPSA) is 40.2 Å². The van der Waals surface area contributed by atoms with E-state index in [1.54, 1.807) is 0 Å². The van der Waals surface area contributed by atoms with Crippen molar-refractivity contribution in [3.05, 3.63) is 60.2 Å². The summed E-state index contributed by atoms with van der Waals surface area (Å²) >= 11 is 0. The number of hydrogen-bond acceptors (Lipinski definition) is 5. The maximum absolute atomic E-state index is 5.77. The van der Waals surface area contributed by atoms with Crippen molar-refractivity contribution in [3.8, 4) is 0 Å². The first-order chi connectivity index (χ1) is 17.4. The van der Waals surface area contributed by atoms with Crippen molar-refractivity contribution in [2.75, 3.05) is 72.5 Å². The molecule has 1 fully saturated rings. The third kappa shape index (κ3) is 6.29. The van der Waals surface area contributed by atoms with E-state index in [4.69, 9.17) is 18.9 Å². The highest BCUT2D eigenvalue weighted by molar-refractivity contribution is 6.23. The first-order valence-corrected chi connectivity index (χ1v) is 13.1. The van der Waals surface area contributed by atoms with Gasteiger partial charge in [0.1, 0.15) is 0 Å². The Morgan fingerprint density at radius 3 is 1.74 bits per heavy atom. The van der Waals surface area contributed by atoms with E-state index >= 15 is 0 Å². The molecule has 0 N–H and O–H groups in total. The molecule has 4 aromatic rings. The smallest absolute Gasteiger partial charge is 0.0701 e. The Bertz CT molecular complexity index is 1160. The lowest BCUT2D eigenvalue weighted by Gasteiger charge is -2.22. The maximum atomic E-state index is 5.77. The van der Waals surface area contributed by atoms with Gasteiger partial charge in [-0.05, 0) is 63.7 Å². The molecule has 5 nitrogen and oxygen atoms in total. The molecule has 0 aliphatic carbocycles. The molecule has 5 rings (SSSR count). The molecular formula is C30H37NO4. The first kappa shape index (κ1) is 24.4. The second kappa shape index (κ2) is 12.6. The van der Waals surface area contributed by atoms with E-state index in [2.05, 4.69) is 59.5 Å². The molecule has 1 saturated heterocycles.